The molecule has 1 aliphatic carbocycles. The van der Waals surface area contributed by atoms with Crippen LogP contribution in [-0.4, -0.2) is 9.78 Å². The first-order chi connectivity index (χ1) is 6.68. The summed E-state index contributed by atoms with van der Waals surface area (Å²) in [5, 5.41) is 4.37. The highest BCUT2D eigenvalue weighted by molar-refractivity contribution is 5.39. The quantitative estimate of drug-likeness (QED) is 0.744. The van der Waals surface area contributed by atoms with Crippen molar-refractivity contribution in [3.8, 4) is 0 Å². The number of hydrogen-bond acceptors (Lipinski definition) is 2. The zero-order chi connectivity index (χ0) is 10.1. The van der Waals surface area contributed by atoms with E-state index in [9.17, 15) is 0 Å². The molecular weight excluding hydrogens is 174 g/mol. The van der Waals surface area contributed by atoms with Crippen LogP contribution in [0.4, 0.5) is 5.69 Å². The Morgan fingerprint density at radius 1 is 1.50 bits per heavy atom. The van der Waals surface area contributed by atoms with E-state index in [-0.39, 0.29) is 0 Å². The third-order valence-corrected chi connectivity index (χ3v) is 3.34. The highest BCUT2D eigenvalue weighted by Gasteiger charge is 2.22. The van der Waals surface area contributed by atoms with Crippen molar-refractivity contribution >= 4 is 5.69 Å². The van der Waals surface area contributed by atoms with Crippen LogP contribution in [0.5, 0.6) is 0 Å². The van der Waals surface area contributed by atoms with Crippen molar-refractivity contribution in [2.24, 2.45) is 5.92 Å². The van der Waals surface area contributed by atoms with E-state index in [2.05, 4.69) is 23.6 Å². The van der Waals surface area contributed by atoms with Gasteiger partial charge in [-0.3, -0.25) is 4.68 Å². The Labute approximate surface area is 85.3 Å². The Morgan fingerprint density at radius 2 is 2.29 bits per heavy atom. The summed E-state index contributed by atoms with van der Waals surface area (Å²) in [5.74, 6) is 0.832. The molecule has 14 heavy (non-hydrogen) atoms. The molecule has 0 spiro atoms. The first kappa shape index (κ1) is 9.56. The lowest BCUT2D eigenvalue weighted by molar-refractivity contribution is 0.263. The summed E-state index contributed by atoms with van der Waals surface area (Å²) < 4.78 is 2.12. The van der Waals surface area contributed by atoms with Crippen LogP contribution < -0.4 is 5.73 Å². The molecule has 78 valence electrons. The van der Waals surface area contributed by atoms with Crippen LogP contribution in [0.25, 0.3) is 0 Å². The maximum atomic E-state index is 5.80. The van der Waals surface area contributed by atoms with Gasteiger partial charge in [-0.15, -0.1) is 0 Å². The Bertz CT molecular complexity index is 316. The molecule has 1 aliphatic rings. The largest absolute Gasteiger partial charge is 0.396 e. The number of aromatic nitrogens is 2. The molecule has 1 aromatic heterocycles. The van der Waals surface area contributed by atoms with Crippen LogP contribution in [0, 0.1) is 12.8 Å². The van der Waals surface area contributed by atoms with E-state index in [0.717, 1.165) is 17.3 Å². The molecule has 0 aromatic carbocycles. The summed E-state index contributed by atoms with van der Waals surface area (Å²) >= 11 is 0. The molecule has 0 bridgehead atoms. The maximum Gasteiger partial charge on any atom is 0.0730 e. The fraction of sp³-hybridized carbons (Fsp3) is 0.727. The Morgan fingerprint density at radius 3 is 2.86 bits per heavy atom. The summed E-state index contributed by atoms with van der Waals surface area (Å²) in [6.45, 7) is 4.38. The second kappa shape index (κ2) is 3.64. The number of nitrogens with two attached hydrogens (primary N) is 1. The number of anilines is 1. The van der Waals surface area contributed by atoms with Gasteiger partial charge < -0.3 is 5.73 Å². The lowest BCUT2D eigenvalue weighted by atomic mass is 9.87. The normalized spacial score (nSPS) is 27.9. The van der Waals surface area contributed by atoms with Crippen molar-refractivity contribution < 1.29 is 0 Å². The van der Waals surface area contributed by atoms with Crippen LogP contribution in [-0.2, 0) is 0 Å². The molecule has 1 fully saturated rings. The highest BCUT2D eigenvalue weighted by Crippen LogP contribution is 2.33. The van der Waals surface area contributed by atoms with Crippen LogP contribution in [0.1, 0.15) is 44.3 Å². The van der Waals surface area contributed by atoms with Crippen LogP contribution in [0.3, 0.4) is 0 Å². The fourth-order valence-electron chi connectivity index (χ4n) is 2.43. The predicted octanol–water partition coefficient (Wildman–Crippen LogP) is 2.52. The zero-order valence-corrected chi connectivity index (χ0v) is 9.03. The Hall–Kier alpha value is -0.990. The molecule has 2 unspecified atom stereocenters. The highest BCUT2D eigenvalue weighted by atomic mass is 15.3. The van der Waals surface area contributed by atoms with E-state index in [1.165, 1.54) is 25.7 Å². The lowest BCUT2D eigenvalue weighted by Crippen LogP contribution is -2.19. The first-order valence-electron chi connectivity index (χ1n) is 5.48. The fourth-order valence-corrected chi connectivity index (χ4v) is 2.43. The van der Waals surface area contributed by atoms with E-state index in [1.807, 2.05) is 0 Å². The van der Waals surface area contributed by atoms with Crippen molar-refractivity contribution in [1.29, 1.82) is 0 Å². The standard InChI is InChI=1S/C11H19N3/c1-8-4-3-5-10(6-8)14-9(2)11(12)7-13-14/h7-8,10H,3-6,12H2,1-2H3. The minimum atomic E-state index is 0.580. The molecule has 0 saturated heterocycles. The average Bonchev–Trinajstić information content (AvgIpc) is 2.48. The van der Waals surface area contributed by atoms with Crippen molar-refractivity contribution in [2.75, 3.05) is 5.73 Å². The van der Waals surface area contributed by atoms with Gasteiger partial charge in [0.25, 0.3) is 0 Å². The molecular formula is C11H19N3. The molecule has 0 amide bonds. The zero-order valence-electron chi connectivity index (χ0n) is 9.03. The van der Waals surface area contributed by atoms with Crippen LogP contribution in [0.15, 0.2) is 6.20 Å². The summed E-state index contributed by atoms with van der Waals surface area (Å²) in [5.41, 5.74) is 7.75. The van der Waals surface area contributed by atoms with Gasteiger partial charge in [0.15, 0.2) is 0 Å². The van der Waals surface area contributed by atoms with Gasteiger partial charge in [0.1, 0.15) is 0 Å². The Kier molecular flexibility index (Phi) is 2.48. The van der Waals surface area contributed by atoms with Crippen molar-refractivity contribution in [3.05, 3.63) is 11.9 Å². The average molecular weight is 193 g/mol. The second-order valence-electron chi connectivity index (χ2n) is 4.56. The van der Waals surface area contributed by atoms with Crippen molar-refractivity contribution in [3.63, 3.8) is 0 Å². The third-order valence-electron chi connectivity index (χ3n) is 3.34. The van der Waals surface area contributed by atoms with Crippen molar-refractivity contribution in [1.82, 2.24) is 9.78 Å². The lowest BCUT2D eigenvalue weighted by Gasteiger charge is -2.27. The predicted molar refractivity (Wildman–Crippen MR) is 58.0 cm³/mol. The van der Waals surface area contributed by atoms with Gasteiger partial charge in [-0.25, -0.2) is 0 Å². The first-order valence-corrected chi connectivity index (χ1v) is 5.48. The number of nitrogen functional groups attached to an aromatic ring is 1. The SMILES string of the molecule is Cc1c(N)cnn1C1CCCC(C)C1. The maximum absolute atomic E-state index is 5.80. The third kappa shape index (κ3) is 1.63. The van der Waals surface area contributed by atoms with Gasteiger partial charge in [0, 0.05) is 0 Å². The van der Waals surface area contributed by atoms with E-state index in [4.69, 9.17) is 5.73 Å². The number of hydrogen-bond donors (Lipinski definition) is 1. The summed E-state index contributed by atoms with van der Waals surface area (Å²) in [6, 6.07) is 0.580. The summed E-state index contributed by atoms with van der Waals surface area (Å²) in [6.07, 6.45) is 6.97. The molecule has 1 heterocycles. The molecule has 2 N–H and O–H groups in total. The number of nitrogens with zero attached hydrogens (tertiary/aromatic N) is 2. The molecule has 0 radical (unpaired) electrons. The smallest absolute Gasteiger partial charge is 0.0730 e. The molecule has 3 nitrogen and oxygen atoms in total. The van der Waals surface area contributed by atoms with Gasteiger partial charge in [-0.2, -0.15) is 5.10 Å². The monoisotopic (exact) mass is 193 g/mol. The van der Waals surface area contributed by atoms with Gasteiger partial charge in [-0.1, -0.05) is 19.8 Å². The minimum Gasteiger partial charge on any atom is -0.396 e. The summed E-state index contributed by atoms with van der Waals surface area (Å²) in [7, 11) is 0. The van der Waals surface area contributed by atoms with Gasteiger partial charge >= 0.3 is 0 Å². The molecule has 3 heteroatoms. The van der Waals surface area contributed by atoms with E-state index in [0.29, 0.717) is 6.04 Å². The molecule has 1 saturated carbocycles. The summed E-state index contributed by atoms with van der Waals surface area (Å²) in [4.78, 5) is 0. The minimum absolute atomic E-state index is 0.580. The second-order valence-corrected chi connectivity index (χ2v) is 4.56. The van der Waals surface area contributed by atoms with Gasteiger partial charge in [-0.05, 0) is 25.7 Å². The molecule has 1 aromatic rings. The van der Waals surface area contributed by atoms with Crippen LogP contribution >= 0.6 is 0 Å². The van der Waals surface area contributed by atoms with E-state index in [1.54, 1.807) is 6.20 Å². The van der Waals surface area contributed by atoms with E-state index >= 15 is 0 Å². The molecule has 0 aliphatic heterocycles. The van der Waals surface area contributed by atoms with Crippen LogP contribution in [0.2, 0.25) is 0 Å². The van der Waals surface area contributed by atoms with Crippen molar-refractivity contribution in [2.45, 2.75) is 45.6 Å². The Balaban J connectivity index is 2.18. The van der Waals surface area contributed by atoms with Gasteiger partial charge in [0.05, 0.1) is 23.6 Å². The number of rotatable bonds is 1. The molecule has 2 rings (SSSR count). The topological polar surface area (TPSA) is 43.8 Å². The molecule has 2 atom stereocenters. The van der Waals surface area contributed by atoms with E-state index < -0.39 is 0 Å². The van der Waals surface area contributed by atoms with Gasteiger partial charge in [0.2, 0.25) is 0 Å².